The van der Waals surface area contributed by atoms with E-state index < -0.39 is 5.54 Å². The van der Waals surface area contributed by atoms with E-state index in [1.807, 2.05) is 0 Å². The van der Waals surface area contributed by atoms with Gasteiger partial charge in [-0.3, -0.25) is 14.4 Å². The van der Waals surface area contributed by atoms with Crippen LogP contribution in [0.1, 0.15) is 51.9 Å². The van der Waals surface area contributed by atoms with Gasteiger partial charge in [-0.05, 0) is 25.7 Å². The van der Waals surface area contributed by atoms with Crippen LogP contribution in [0.3, 0.4) is 0 Å². The smallest absolute Gasteiger partial charge is 0.248 e. The number of amides is 3. The third-order valence-electron chi connectivity index (χ3n) is 5.05. The predicted octanol–water partition coefficient (Wildman–Crippen LogP) is 0.561. The first-order chi connectivity index (χ1) is 11.5. The SMILES string of the molecule is CC(=O)NC1(C(=O)N2CCCC(C(=O)NCCN)C2)CCCCC1.Cl. The third-order valence-corrected chi connectivity index (χ3v) is 5.05. The molecule has 2 fully saturated rings. The molecule has 144 valence electrons. The van der Waals surface area contributed by atoms with Gasteiger partial charge in [0.25, 0.3) is 0 Å². The van der Waals surface area contributed by atoms with E-state index in [4.69, 9.17) is 5.73 Å². The molecule has 1 aliphatic heterocycles. The summed E-state index contributed by atoms with van der Waals surface area (Å²) in [4.78, 5) is 38.7. The maximum Gasteiger partial charge on any atom is 0.248 e. The molecule has 0 radical (unpaired) electrons. The van der Waals surface area contributed by atoms with Crippen LogP contribution in [0.2, 0.25) is 0 Å². The number of carbonyl (C=O) groups excluding carboxylic acids is 3. The molecule has 0 aromatic carbocycles. The van der Waals surface area contributed by atoms with Gasteiger partial charge in [-0.25, -0.2) is 0 Å². The summed E-state index contributed by atoms with van der Waals surface area (Å²) in [5.74, 6) is -0.407. The van der Waals surface area contributed by atoms with Crippen molar-refractivity contribution in [3.63, 3.8) is 0 Å². The molecule has 1 aliphatic carbocycles. The minimum absolute atomic E-state index is 0. The monoisotopic (exact) mass is 374 g/mol. The van der Waals surface area contributed by atoms with Crippen molar-refractivity contribution < 1.29 is 14.4 Å². The van der Waals surface area contributed by atoms with Gasteiger partial charge in [-0.15, -0.1) is 12.4 Å². The summed E-state index contributed by atoms with van der Waals surface area (Å²) in [6, 6.07) is 0. The minimum Gasteiger partial charge on any atom is -0.355 e. The van der Waals surface area contributed by atoms with Gasteiger partial charge in [-0.2, -0.15) is 0 Å². The first-order valence-corrected chi connectivity index (χ1v) is 9.04. The molecule has 0 aromatic heterocycles. The number of nitrogens with two attached hydrogens (primary N) is 1. The van der Waals surface area contributed by atoms with E-state index in [9.17, 15) is 14.4 Å². The molecule has 3 amide bonds. The van der Waals surface area contributed by atoms with E-state index in [0.717, 1.165) is 32.1 Å². The zero-order chi connectivity index (χ0) is 17.6. The average molecular weight is 375 g/mol. The Labute approximate surface area is 155 Å². The Kier molecular flexibility index (Phi) is 8.65. The van der Waals surface area contributed by atoms with E-state index >= 15 is 0 Å². The molecule has 1 atom stereocenters. The van der Waals surface area contributed by atoms with Crippen molar-refractivity contribution in [2.75, 3.05) is 26.2 Å². The van der Waals surface area contributed by atoms with Gasteiger partial charge in [0, 0.05) is 33.1 Å². The number of hydrogen-bond donors (Lipinski definition) is 3. The molecule has 0 aromatic rings. The van der Waals surface area contributed by atoms with E-state index in [0.29, 0.717) is 39.0 Å². The lowest BCUT2D eigenvalue weighted by Gasteiger charge is -2.42. The maximum atomic E-state index is 13.2. The largest absolute Gasteiger partial charge is 0.355 e. The summed E-state index contributed by atoms with van der Waals surface area (Å²) in [6.45, 7) is 3.41. The standard InChI is InChI=1S/C17H30N4O3.ClH/c1-13(22)20-17(7-3-2-4-8-17)16(24)21-11-5-6-14(12-21)15(23)19-10-9-18;/h14H,2-12,18H2,1H3,(H,19,23)(H,20,22);1H. The Morgan fingerprint density at radius 2 is 1.84 bits per heavy atom. The maximum absolute atomic E-state index is 13.2. The van der Waals surface area contributed by atoms with Crippen LogP contribution in [0.25, 0.3) is 0 Å². The molecular formula is C17H31ClN4O3. The second-order valence-electron chi connectivity index (χ2n) is 6.99. The topological polar surface area (TPSA) is 105 Å². The number of nitrogens with one attached hydrogen (secondary N) is 2. The van der Waals surface area contributed by atoms with E-state index in [1.165, 1.54) is 6.92 Å². The normalized spacial score (nSPS) is 22.5. The van der Waals surface area contributed by atoms with Crippen LogP contribution in [0.4, 0.5) is 0 Å². The Morgan fingerprint density at radius 3 is 2.44 bits per heavy atom. The van der Waals surface area contributed by atoms with Crippen molar-refractivity contribution in [2.24, 2.45) is 11.7 Å². The highest BCUT2D eigenvalue weighted by Gasteiger charge is 2.44. The molecule has 1 saturated heterocycles. The van der Waals surface area contributed by atoms with Crippen LogP contribution < -0.4 is 16.4 Å². The molecule has 1 saturated carbocycles. The second kappa shape index (κ2) is 9.97. The fourth-order valence-electron chi connectivity index (χ4n) is 3.90. The zero-order valence-electron chi connectivity index (χ0n) is 15.0. The molecule has 25 heavy (non-hydrogen) atoms. The minimum atomic E-state index is -0.778. The quantitative estimate of drug-likeness (QED) is 0.654. The van der Waals surface area contributed by atoms with Gasteiger partial charge in [-0.1, -0.05) is 19.3 Å². The summed E-state index contributed by atoms with van der Waals surface area (Å²) in [5.41, 5.74) is 4.65. The van der Waals surface area contributed by atoms with Crippen LogP contribution in [-0.4, -0.2) is 54.3 Å². The van der Waals surface area contributed by atoms with Gasteiger partial charge in [0.2, 0.25) is 17.7 Å². The summed E-state index contributed by atoms with van der Waals surface area (Å²) in [7, 11) is 0. The Hall–Kier alpha value is -1.34. The molecule has 2 rings (SSSR count). The Bertz CT molecular complexity index is 481. The predicted molar refractivity (Wildman–Crippen MR) is 98.2 cm³/mol. The average Bonchev–Trinajstić information content (AvgIpc) is 2.59. The lowest BCUT2D eigenvalue weighted by Crippen LogP contribution is -2.62. The number of carbonyl (C=O) groups is 3. The Balaban J connectivity index is 0.00000312. The van der Waals surface area contributed by atoms with Gasteiger partial charge in [0.1, 0.15) is 5.54 Å². The number of nitrogens with zero attached hydrogens (tertiary/aromatic N) is 1. The molecule has 1 heterocycles. The van der Waals surface area contributed by atoms with E-state index in [1.54, 1.807) is 4.90 Å². The fourth-order valence-corrected chi connectivity index (χ4v) is 3.90. The number of halogens is 1. The number of hydrogen-bond acceptors (Lipinski definition) is 4. The van der Waals surface area contributed by atoms with Crippen LogP contribution in [-0.2, 0) is 14.4 Å². The van der Waals surface area contributed by atoms with Gasteiger partial charge in [0.15, 0.2) is 0 Å². The number of rotatable bonds is 5. The van der Waals surface area contributed by atoms with Crippen LogP contribution >= 0.6 is 12.4 Å². The molecule has 4 N–H and O–H groups in total. The van der Waals surface area contributed by atoms with Crippen molar-refractivity contribution >= 4 is 30.1 Å². The number of likely N-dealkylation sites (tertiary alicyclic amines) is 1. The lowest BCUT2D eigenvalue weighted by molar-refractivity contribution is -0.146. The van der Waals surface area contributed by atoms with Crippen molar-refractivity contribution in [1.82, 2.24) is 15.5 Å². The van der Waals surface area contributed by atoms with Crippen molar-refractivity contribution in [3.8, 4) is 0 Å². The van der Waals surface area contributed by atoms with Gasteiger partial charge < -0.3 is 21.3 Å². The lowest BCUT2D eigenvalue weighted by atomic mass is 9.79. The van der Waals surface area contributed by atoms with Crippen LogP contribution in [0.15, 0.2) is 0 Å². The molecule has 0 spiro atoms. The summed E-state index contributed by atoms with van der Waals surface area (Å²) in [5, 5.41) is 5.73. The molecule has 2 aliphatic rings. The molecule has 8 heteroatoms. The molecule has 7 nitrogen and oxygen atoms in total. The highest BCUT2D eigenvalue weighted by atomic mass is 35.5. The first kappa shape index (κ1) is 21.7. The van der Waals surface area contributed by atoms with Crippen LogP contribution in [0.5, 0.6) is 0 Å². The number of piperidine rings is 1. The summed E-state index contributed by atoms with van der Waals surface area (Å²) in [6.07, 6.45) is 5.95. The third kappa shape index (κ3) is 5.57. The fraction of sp³-hybridized carbons (Fsp3) is 0.824. The molecular weight excluding hydrogens is 344 g/mol. The van der Waals surface area contributed by atoms with Crippen molar-refractivity contribution in [2.45, 2.75) is 57.4 Å². The summed E-state index contributed by atoms with van der Waals surface area (Å²) < 4.78 is 0. The van der Waals surface area contributed by atoms with Gasteiger partial charge in [0.05, 0.1) is 5.92 Å². The highest BCUT2D eigenvalue weighted by molar-refractivity contribution is 5.91. The summed E-state index contributed by atoms with van der Waals surface area (Å²) >= 11 is 0. The highest BCUT2D eigenvalue weighted by Crippen LogP contribution is 2.31. The molecule has 0 bridgehead atoms. The Morgan fingerprint density at radius 1 is 1.16 bits per heavy atom. The van der Waals surface area contributed by atoms with Crippen molar-refractivity contribution in [3.05, 3.63) is 0 Å². The second-order valence-corrected chi connectivity index (χ2v) is 6.99. The van der Waals surface area contributed by atoms with E-state index in [2.05, 4.69) is 10.6 Å². The molecule has 1 unspecified atom stereocenters. The first-order valence-electron chi connectivity index (χ1n) is 9.04. The zero-order valence-corrected chi connectivity index (χ0v) is 15.8. The van der Waals surface area contributed by atoms with Crippen LogP contribution in [0, 0.1) is 5.92 Å². The van der Waals surface area contributed by atoms with Crippen molar-refractivity contribution in [1.29, 1.82) is 0 Å². The van der Waals surface area contributed by atoms with E-state index in [-0.39, 0.29) is 36.0 Å². The van der Waals surface area contributed by atoms with Gasteiger partial charge >= 0.3 is 0 Å².